The third kappa shape index (κ3) is 8.48. The van der Waals surface area contributed by atoms with Crippen molar-refractivity contribution >= 4 is 76.7 Å². The number of carbonyl (C=O) groups is 3. The van der Waals surface area contributed by atoms with Gasteiger partial charge in [0.1, 0.15) is 23.8 Å². The number of nitrogens with zero attached hydrogens (tertiary/aromatic N) is 3. The quantitative estimate of drug-likeness (QED) is 0.0293. The highest BCUT2D eigenvalue weighted by atomic mass is 33.1. The number of aromatic nitrogens is 1. The fourth-order valence-corrected chi connectivity index (χ4v) is 8.97. The van der Waals surface area contributed by atoms with Crippen LogP contribution in [0.25, 0.3) is 10.2 Å². The van der Waals surface area contributed by atoms with E-state index in [0.717, 1.165) is 37.7 Å². The SMILES string of the molecule is C/C(OS(C)(=O)=O)=C(\C(=O)OCc1ccc([N+](=O)[O-])cc1)N1C(=O)C(NC(=O)Cc2ccccc2)C1SSc1nc2ccccc2s1. The van der Waals surface area contributed by atoms with Gasteiger partial charge in [-0.3, -0.25) is 24.6 Å². The number of esters is 1. The van der Waals surface area contributed by atoms with Crippen molar-refractivity contribution in [1.82, 2.24) is 15.2 Å². The summed E-state index contributed by atoms with van der Waals surface area (Å²) in [5.74, 6) is -2.62. The summed E-state index contributed by atoms with van der Waals surface area (Å²) in [5.41, 5.74) is 1.29. The van der Waals surface area contributed by atoms with Crippen molar-refractivity contribution in [3.63, 3.8) is 0 Å². The number of nitro benzene ring substituents is 1. The lowest BCUT2D eigenvalue weighted by atomic mass is 10.0. The zero-order valence-corrected chi connectivity index (χ0v) is 28.0. The molecule has 1 N–H and O–H groups in total. The fourth-order valence-electron chi connectivity index (χ4n) is 4.53. The van der Waals surface area contributed by atoms with Crippen LogP contribution in [0.4, 0.5) is 5.69 Å². The van der Waals surface area contributed by atoms with Gasteiger partial charge in [0.25, 0.3) is 11.6 Å². The molecule has 1 saturated heterocycles. The van der Waals surface area contributed by atoms with Crippen LogP contribution in [0, 0.1) is 10.1 Å². The average Bonchev–Trinajstić information content (AvgIpc) is 3.45. The molecule has 5 rings (SSSR count). The third-order valence-corrected chi connectivity index (χ3v) is 11.2. The van der Waals surface area contributed by atoms with E-state index in [4.69, 9.17) is 8.92 Å². The van der Waals surface area contributed by atoms with Crippen molar-refractivity contribution < 1.29 is 36.6 Å². The van der Waals surface area contributed by atoms with E-state index in [2.05, 4.69) is 10.3 Å². The number of amides is 2. The molecule has 2 amide bonds. The Kier molecular flexibility index (Phi) is 10.5. The first-order valence-electron chi connectivity index (χ1n) is 13.8. The minimum Gasteiger partial charge on any atom is -0.456 e. The number of non-ortho nitro benzene ring substituents is 1. The van der Waals surface area contributed by atoms with Crippen LogP contribution in [0.5, 0.6) is 0 Å². The molecule has 2 unspecified atom stereocenters. The van der Waals surface area contributed by atoms with Crippen molar-refractivity contribution in [2.45, 2.75) is 35.7 Å². The first-order chi connectivity index (χ1) is 22.4. The van der Waals surface area contributed by atoms with Gasteiger partial charge in [-0.15, -0.1) is 11.3 Å². The van der Waals surface area contributed by atoms with Gasteiger partial charge in [-0.1, -0.05) is 53.3 Å². The van der Waals surface area contributed by atoms with E-state index < -0.39 is 55.7 Å². The molecule has 13 nitrogen and oxygen atoms in total. The van der Waals surface area contributed by atoms with E-state index in [1.165, 1.54) is 53.3 Å². The number of hydrogen-bond acceptors (Lipinski definition) is 13. The number of likely N-dealkylation sites (tertiary alicyclic amines) is 1. The Hall–Kier alpha value is -4.45. The molecule has 4 aromatic rings. The van der Waals surface area contributed by atoms with Crippen LogP contribution in [-0.4, -0.2) is 58.7 Å². The van der Waals surface area contributed by atoms with Gasteiger partial charge in [-0.05, 0) is 53.1 Å². The number of nitro groups is 1. The predicted molar refractivity (Wildman–Crippen MR) is 177 cm³/mol. The zero-order chi connectivity index (χ0) is 33.7. The molecule has 17 heteroatoms. The number of carbonyl (C=O) groups excluding carboxylic acids is 3. The summed E-state index contributed by atoms with van der Waals surface area (Å²) in [7, 11) is -1.76. The molecule has 0 saturated carbocycles. The Morgan fingerprint density at radius 3 is 2.38 bits per heavy atom. The van der Waals surface area contributed by atoms with Gasteiger partial charge in [0.15, 0.2) is 10.0 Å². The van der Waals surface area contributed by atoms with Crippen LogP contribution in [-0.2, 0) is 46.4 Å². The van der Waals surface area contributed by atoms with Crippen molar-refractivity contribution in [3.8, 4) is 0 Å². The topological polar surface area (TPSA) is 175 Å². The maximum absolute atomic E-state index is 13.7. The number of benzene rings is 3. The summed E-state index contributed by atoms with van der Waals surface area (Å²) in [4.78, 5) is 56.2. The molecule has 2 atom stereocenters. The van der Waals surface area contributed by atoms with Gasteiger partial charge in [0.2, 0.25) is 5.91 Å². The van der Waals surface area contributed by atoms with Crippen molar-refractivity contribution in [2.75, 3.05) is 6.26 Å². The Labute approximate surface area is 281 Å². The highest BCUT2D eigenvalue weighted by Crippen LogP contribution is 2.46. The normalized spacial score (nSPS) is 16.6. The van der Waals surface area contributed by atoms with Crippen molar-refractivity contribution in [2.24, 2.45) is 0 Å². The Morgan fingerprint density at radius 2 is 1.72 bits per heavy atom. The summed E-state index contributed by atoms with van der Waals surface area (Å²) in [6.45, 7) is 0.866. The summed E-state index contributed by atoms with van der Waals surface area (Å²) < 4.78 is 36.2. The van der Waals surface area contributed by atoms with E-state index in [0.29, 0.717) is 9.90 Å². The average molecular weight is 715 g/mol. The molecule has 0 bridgehead atoms. The van der Waals surface area contributed by atoms with Gasteiger partial charge >= 0.3 is 16.1 Å². The van der Waals surface area contributed by atoms with Gasteiger partial charge in [0.05, 0.1) is 27.8 Å². The van der Waals surface area contributed by atoms with E-state index in [9.17, 15) is 32.9 Å². The fraction of sp³-hybridized carbons (Fsp3) is 0.200. The van der Waals surface area contributed by atoms with Gasteiger partial charge in [0, 0.05) is 12.1 Å². The zero-order valence-electron chi connectivity index (χ0n) is 24.7. The minimum absolute atomic E-state index is 0.00319. The summed E-state index contributed by atoms with van der Waals surface area (Å²) in [5, 5.41) is 12.8. The standard InChI is InChI=1S/C30H26N4O9S4/c1-18(43-47(2,40)41)26(29(37)42-17-20-12-14-21(15-13-20)34(38)39)33-27(36)25(32-24(35)16-19-8-4-3-5-9-19)28(33)45-46-30-31-22-10-6-7-11-23(22)44-30/h3-15,25,28H,16-17H2,1-2H3,(H,32,35)/b26-18-. The summed E-state index contributed by atoms with van der Waals surface area (Å²) in [6.07, 6.45) is 0.791. The largest absolute Gasteiger partial charge is 0.456 e. The van der Waals surface area contributed by atoms with Crippen molar-refractivity contribution in [1.29, 1.82) is 0 Å². The van der Waals surface area contributed by atoms with Crippen LogP contribution in [0.2, 0.25) is 0 Å². The maximum atomic E-state index is 13.7. The highest BCUT2D eigenvalue weighted by Gasteiger charge is 2.53. The van der Waals surface area contributed by atoms with Gasteiger partial charge in [-0.2, -0.15) is 8.42 Å². The molecule has 1 aromatic heterocycles. The third-order valence-electron chi connectivity index (χ3n) is 6.62. The van der Waals surface area contributed by atoms with E-state index >= 15 is 0 Å². The molecule has 2 heterocycles. The number of fused-ring (bicyclic) bond motifs is 1. The lowest BCUT2D eigenvalue weighted by Gasteiger charge is -2.46. The maximum Gasteiger partial charge on any atom is 0.359 e. The molecule has 0 spiro atoms. The first kappa shape index (κ1) is 33.9. The van der Waals surface area contributed by atoms with E-state index in [1.54, 1.807) is 24.3 Å². The molecular weight excluding hydrogens is 689 g/mol. The van der Waals surface area contributed by atoms with E-state index in [-0.39, 0.29) is 18.7 Å². The minimum atomic E-state index is -4.13. The Bertz CT molecular complexity index is 1930. The van der Waals surface area contributed by atoms with E-state index in [1.807, 2.05) is 30.3 Å². The number of hydrogen-bond donors (Lipinski definition) is 1. The molecule has 0 radical (unpaired) electrons. The second kappa shape index (κ2) is 14.5. The lowest BCUT2D eigenvalue weighted by Crippen LogP contribution is -2.69. The lowest BCUT2D eigenvalue weighted by molar-refractivity contribution is -0.384. The molecule has 3 aromatic carbocycles. The molecule has 1 aliphatic heterocycles. The van der Waals surface area contributed by atoms with Crippen molar-refractivity contribution in [3.05, 3.63) is 112 Å². The second-order valence-corrected chi connectivity index (χ2v) is 15.3. The number of β-lactam (4-membered cyclic amide) rings is 1. The number of allylic oxidation sites excluding steroid dienone is 1. The summed E-state index contributed by atoms with van der Waals surface area (Å²) in [6, 6.07) is 20.7. The molecule has 47 heavy (non-hydrogen) atoms. The predicted octanol–water partition coefficient (Wildman–Crippen LogP) is 4.79. The highest BCUT2D eigenvalue weighted by molar-refractivity contribution is 8.77. The van der Waals surface area contributed by atoms with Crippen LogP contribution in [0.1, 0.15) is 18.1 Å². The van der Waals surface area contributed by atoms with Crippen LogP contribution in [0.15, 0.2) is 94.7 Å². The van der Waals surface area contributed by atoms with Gasteiger partial charge in [-0.25, -0.2) is 9.78 Å². The Balaban J connectivity index is 1.42. The molecule has 1 aliphatic rings. The molecular formula is C30H26N4O9S4. The number of rotatable bonds is 13. The number of ether oxygens (including phenoxy) is 1. The number of nitrogens with one attached hydrogen (secondary N) is 1. The monoisotopic (exact) mass is 714 g/mol. The van der Waals surface area contributed by atoms with Crippen LogP contribution >= 0.6 is 32.9 Å². The first-order valence-corrected chi connectivity index (χ1v) is 18.6. The molecule has 244 valence electrons. The van der Waals surface area contributed by atoms with Crippen LogP contribution < -0.4 is 5.32 Å². The molecule has 0 aliphatic carbocycles. The van der Waals surface area contributed by atoms with Gasteiger partial charge < -0.3 is 14.2 Å². The number of para-hydroxylation sites is 1. The smallest absolute Gasteiger partial charge is 0.359 e. The molecule has 1 fully saturated rings. The van der Waals surface area contributed by atoms with Crippen LogP contribution in [0.3, 0.4) is 0 Å². The Morgan fingerprint density at radius 1 is 1.04 bits per heavy atom. The summed E-state index contributed by atoms with van der Waals surface area (Å²) >= 11 is 1.42. The second-order valence-electron chi connectivity index (χ2n) is 10.1. The number of thiazole rings is 1.